The molecule has 10 N–H and O–H groups in total. The number of Topliss-reactive ketones (excluding diaryl/α,β-unsaturated/α-hetero) is 1. The molecule has 2 aromatic carbocycles. The second-order valence-electron chi connectivity index (χ2n) is 23.5. The Morgan fingerprint density at radius 3 is 2.16 bits per heavy atom. The number of pyridine rings is 1. The number of amidine groups is 1. The van der Waals surface area contributed by atoms with E-state index in [0.29, 0.717) is 108 Å². The van der Waals surface area contributed by atoms with Gasteiger partial charge in [0.15, 0.2) is 11.6 Å². The van der Waals surface area contributed by atoms with E-state index in [-0.39, 0.29) is 71.2 Å². The van der Waals surface area contributed by atoms with Crippen molar-refractivity contribution in [2.45, 2.75) is 101 Å². The Kier molecular flexibility index (Phi) is 19.4. The summed E-state index contributed by atoms with van der Waals surface area (Å²) in [6.07, 6.45) is -1.07. The molecule has 26 nitrogen and oxygen atoms in total. The Hall–Kier alpha value is -8.99. The zero-order valence-electron chi connectivity index (χ0n) is 51.2. The lowest BCUT2D eigenvalue weighted by Crippen LogP contribution is -2.50. The highest BCUT2D eigenvalue weighted by Crippen LogP contribution is 2.44. The fourth-order valence-corrected chi connectivity index (χ4v) is 17.3. The number of fused-ring (bicyclic) bond motifs is 16. The van der Waals surface area contributed by atoms with E-state index in [0.717, 1.165) is 34.0 Å². The number of aliphatic carboxylic acids is 1. The molecular formula is C64H61N15O11S6. The maximum atomic E-state index is 15.5. The number of carbonyl (C=O) groups is 7. The number of hydrazine groups is 1. The number of nitrogens with one attached hydrogen (secondary N) is 5. The number of carboxylic acids is 1. The van der Waals surface area contributed by atoms with Crippen molar-refractivity contribution in [1.82, 2.24) is 66.6 Å². The quantitative estimate of drug-likeness (QED) is 0.0534. The number of aliphatic hydroxyl groups excluding tert-OH is 2. The second kappa shape index (κ2) is 28.4. The average Bonchev–Trinajstić information content (AvgIpc) is 1.63. The number of aryl methyl sites for hydroxylation is 1. The lowest BCUT2D eigenvalue weighted by Gasteiger charge is -2.29. The number of ketones is 1. The predicted molar refractivity (Wildman–Crippen MR) is 361 cm³/mol. The summed E-state index contributed by atoms with van der Waals surface area (Å²) < 4.78 is 5.95. The van der Waals surface area contributed by atoms with E-state index in [2.05, 4.69) is 36.8 Å². The van der Waals surface area contributed by atoms with Crippen molar-refractivity contribution in [3.8, 4) is 49.1 Å². The normalized spacial score (nSPS) is 21.9. The Balaban J connectivity index is 0.873. The summed E-state index contributed by atoms with van der Waals surface area (Å²) in [4.78, 5) is 138. The van der Waals surface area contributed by atoms with Gasteiger partial charge in [0.1, 0.15) is 90.0 Å². The highest BCUT2D eigenvalue weighted by atomic mass is 32.1. The molecule has 494 valence electrons. The van der Waals surface area contributed by atoms with Gasteiger partial charge in [-0.05, 0) is 68.0 Å². The van der Waals surface area contributed by atoms with Crippen LogP contribution in [0, 0.1) is 18.8 Å². The van der Waals surface area contributed by atoms with Crippen LogP contribution in [0.4, 0.5) is 0 Å². The Labute approximate surface area is 571 Å². The largest absolute Gasteiger partial charge is 0.486 e. The van der Waals surface area contributed by atoms with Crippen LogP contribution in [0.5, 0.6) is 5.75 Å². The molecule has 4 aliphatic rings. The summed E-state index contributed by atoms with van der Waals surface area (Å²) >= 11 is 7.05. The van der Waals surface area contributed by atoms with Gasteiger partial charge in [-0.2, -0.15) is 0 Å². The molecule has 0 unspecified atom stereocenters. The van der Waals surface area contributed by atoms with Crippen LogP contribution < -0.4 is 37.3 Å². The van der Waals surface area contributed by atoms with E-state index >= 15 is 4.79 Å². The molecule has 1 saturated carbocycles. The van der Waals surface area contributed by atoms with Crippen LogP contribution in [0.25, 0.3) is 43.4 Å². The fourth-order valence-electron chi connectivity index (χ4n) is 11.9. The van der Waals surface area contributed by atoms with E-state index in [1.807, 2.05) is 12.3 Å². The van der Waals surface area contributed by atoms with E-state index in [1.54, 1.807) is 94.7 Å². The van der Waals surface area contributed by atoms with Gasteiger partial charge in [-0.25, -0.2) is 40.3 Å². The first kappa shape index (κ1) is 65.7. The van der Waals surface area contributed by atoms with Crippen LogP contribution >= 0.6 is 68.0 Å². The summed E-state index contributed by atoms with van der Waals surface area (Å²) in [5.41, 5.74) is 14.9. The number of thiazole rings is 6. The standard InChI is InChI=1S/C64H61N15O11S6/c1-29-47(81)21-79-52(29)62-76-45(27-95-62)60-72-41(23-93-60)51-36(16-17-38(69-51)59-75-42(26-94-59)54(84)68-34-12-10-33(11-13-34)64(88)89)57-73-43(24-91-57)55(85)70-39(20-48(65)82)61-77-50(30(2)96-61)46(80)19-37(53(83)32-6-4-3-5-7-32)58-74-44(25-92-58)56(86)71-40(63(79)87)18-31-8-14-35(15-9-31)90-22-49-66-28-67-78-49/h3-9,14-17,23-27,29,33-34,37,39-40,47,52-53,67,81,83H,10-13,18-22,28H2,1-2H3,(H2,65,82)(H,66,78)(H,68,84)(H,70,85)(H,71,86)(H,88,89)/t29-,33?,34?,37-,39-,40-,47-,52-,53+/m0/s1. The number of nitrogens with two attached hydrogens (primary N) is 1. The first-order valence-electron chi connectivity index (χ1n) is 30.6. The predicted octanol–water partition coefficient (Wildman–Crippen LogP) is 7.68. The minimum Gasteiger partial charge on any atom is -0.486 e. The van der Waals surface area contributed by atoms with Crippen LogP contribution in [-0.2, 0) is 20.8 Å². The van der Waals surface area contributed by atoms with Gasteiger partial charge in [0.2, 0.25) is 11.8 Å². The molecule has 7 aromatic heterocycles. The molecular weight excluding hydrogens is 1350 g/mol. The van der Waals surface area contributed by atoms with Crippen molar-refractivity contribution >= 4 is 115 Å². The molecule has 32 heteroatoms. The number of benzene rings is 2. The van der Waals surface area contributed by atoms with Gasteiger partial charge >= 0.3 is 5.97 Å². The Bertz CT molecular complexity index is 4460. The molecule has 0 spiro atoms. The Morgan fingerprint density at radius 1 is 0.729 bits per heavy atom. The number of aromatic nitrogens is 7. The van der Waals surface area contributed by atoms with Crippen LogP contribution in [0.3, 0.4) is 0 Å². The zero-order chi connectivity index (χ0) is 66.9. The minimum absolute atomic E-state index is 0.00155. The number of hydrogen-bond acceptors (Lipinski definition) is 26. The number of aliphatic hydroxyl groups is 2. The lowest BCUT2D eigenvalue weighted by atomic mass is 9.86. The monoisotopic (exact) mass is 1410 g/mol. The topological polar surface area (TPSA) is 381 Å². The highest BCUT2D eigenvalue weighted by Gasteiger charge is 2.46. The number of ether oxygens (including phenoxy) is 1. The van der Waals surface area contributed by atoms with Gasteiger partial charge in [0.25, 0.3) is 17.7 Å². The maximum absolute atomic E-state index is 15.5. The van der Waals surface area contributed by atoms with Gasteiger partial charge in [0.05, 0.1) is 47.3 Å². The van der Waals surface area contributed by atoms with Crippen molar-refractivity contribution < 1.29 is 53.6 Å². The lowest BCUT2D eigenvalue weighted by molar-refractivity contribution is -0.143. The molecule has 1 saturated heterocycles. The smallest absolute Gasteiger partial charge is 0.306 e. The summed E-state index contributed by atoms with van der Waals surface area (Å²) in [5, 5.41) is 52.7. The number of rotatable bonds is 13. The molecule has 10 bridgehead atoms. The van der Waals surface area contributed by atoms with Crippen LogP contribution in [-0.4, -0.2) is 140 Å². The van der Waals surface area contributed by atoms with Crippen molar-refractivity contribution in [3.05, 3.63) is 147 Å². The number of nitrogens with zero attached hydrogens (tertiary/aromatic N) is 9. The van der Waals surface area contributed by atoms with E-state index in [1.165, 1.54) is 39.4 Å². The minimum atomic E-state index is -1.31. The zero-order valence-corrected chi connectivity index (χ0v) is 56.1. The molecule has 0 radical (unpaired) electrons. The van der Waals surface area contributed by atoms with E-state index in [4.69, 9.17) is 40.4 Å². The van der Waals surface area contributed by atoms with E-state index in [9.17, 15) is 44.1 Å². The molecule has 96 heavy (non-hydrogen) atoms. The molecule has 7 atom stereocenters. The maximum Gasteiger partial charge on any atom is 0.306 e. The van der Waals surface area contributed by atoms with Crippen LogP contribution in [0.2, 0.25) is 0 Å². The van der Waals surface area contributed by atoms with Gasteiger partial charge in [0, 0.05) is 74.6 Å². The molecule has 1 aliphatic carbocycles. The Morgan fingerprint density at radius 2 is 1.41 bits per heavy atom. The molecule has 5 amide bonds. The fraction of sp³-hybridized carbons (Fsp3) is 0.328. The van der Waals surface area contributed by atoms with Crippen molar-refractivity contribution in [1.29, 1.82) is 0 Å². The molecule has 3 aliphatic heterocycles. The average molecular weight is 1410 g/mol. The van der Waals surface area contributed by atoms with Crippen molar-refractivity contribution in [2.24, 2.45) is 22.6 Å². The number of carboxylic acid groups (broad SMARTS) is 1. The number of aliphatic imine (C=N–C) groups is 1. The third-order valence-corrected chi connectivity index (χ3v) is 22.7. The SMILES string of the molecule is Cc1sc2nc1C(=O)C[C@@H]([C@H](O)c1ccccc1)c1nc(cs1)C(=O)N[C@@H](Cc1ccc(OCC3=NCNN3)cc1)C(=O)N1C[C@H](O)[C@H](C)[C@H]1c1nc(cs1)-c1nc(cs1)-c1nc(-c3nc(C(=O)NC4CCC(C(=O)O)CC4)cs3)ccc1-c1nc(cs1)C(=O)N[C@H]2CC(N)=O. The number of carbonyl (C=O) groups excluding carboxylic acids is 6. The van der Waals surface area contributed by atoms with Gasteiger partial charge < -0.3 is 52.1 Å². The first-order chi connectivity index (χ1) is 46.4. The number of amides is 5. The number of primary amides is 1. The summed E-state index contributed by atoms with van der Waals surface area (Å²) in [5.74, 6) is -5.23. The molecule has 9 aromatic rings. The molecule has 2 fully saturated rings. The molecule has 10 heterocycles. The van der Waals surface area contributed by atoms with Crippen LogP contribution in [0.15, 0.2) is 98.6 Å². The van der Waals surface area contributed by atoms with Crippen molar-refractivity contribution in [2.75, 3.05) is 19.8 Å². The van der Waals surface area contributed by atoms with Crippen LogP contribution in [0.1, 0.15) is 143 Å². The highest BCUT2D eigenvalue weighted by molar-refractivity contribution is 7.15. The third kappa shape index (κ3) is 14.3. The summed E-state index contributed by atoms with van der Waals surface area (Å²) in [6.45, 7) is 4.02. The summed E-state index contributed by atoms with van der Waals surface area (Å²) in [6, 6.07) is 16.0. The van der Waals surface area contributed by atoms with Gasteiger partial charge in [-0.3, -0.25) is 38.6 Å². The van der Waals surface area contributed by atoms with Crippen molar-refractivity contribution in [3.63, 3.8) is 0 Å². The van der Waals surface area contributed by atoms with E-state index < -0.39 is 89.4 Å². The third-order valence-electron chi connectivity index (χ3n) is 17.1. The second-order valence-corrected chi connectivity index (χ2v) is 29.1. The van der Waals surface area contributed by atoms with Gasteiger partial charge in [-0.1, -0.05) is 49.4 Å². The summed E-state index contributed by atoms with van der Waals surface area (Å²) in [7, 11) is 0. The molecule has 13 rings (SSSR count). The van der Waals surface area contributed by atoms with Gasteiger partial charge in [-0.15, -0.1) is 68.0 Å². The first-order valence-corrected chi connectivity index (χ1v) is 35.8. The number of hydrogen-bond donors (Lipinski definition) is 9.